The van der Waals surface area contributed by atoms with Gasteiger partial charge in [-0.1, -0.05) is 72.8 Å². The molecule has 2 saturated heterocycles. The van der Waals surface area contributed by atoms with E-state index in [0.717, 1.165) is 34.4 Å². The van der Waals surface area contributed by atoms with Gasteiger partial charge < -0.3 is 19.1 Å². The van der Waals surface area contributed by atoms with Crippen LogP contribution in [0, 0.1) is 5.92 Å². The first-order valence-electron chi connectivity index (χ1n) is 18.0. The molecule has 53 heavy (non-hydrogen) atoms. The van der Waals surface area contributed by atoms with Gasteiger partial charge in [-0.25, -0.2) is 24.3 Å². The minimum atomic E-state index is -1.12. The summed E-state index contributed by atoms with van der Waals surface area (Å²) in [4.78, 5) is 64.0. The third kappa shape index (κ3) is 9.03. The molecule has 6 rings (SSSR count). The Morgan fingerprint density at radius 3 is 2.26 bits per heavy atom. The fourth-order valence-electron chi connectivity index (χ4n) is 6.80. The number of rotatable bonds is 10. The second-order valence-corrected chi connectivity index (χ2v) is 14.5. The van der Waals surface area contributed by atoms with Crippen molar-refractivity contribution in [2.75, 3.05) is 25.1 Å². The van der Waals surface area contributed by atoms with Crippen LogP contribution in [-0.4, -0.2) is 70.6 Å². The predicted octanol–water partition coefficient (Wildman–Crippen LogP) is 7.14. The second kappa shape index (κ2) is 16.3. The summed E-state index contributed by atoms with van der Waals surface area (Å²) in [5.41, 5.74) is 2.65. The van der Waals surface area contributed by atoms with Crippen LogP contribution in [0.25, 0.3) is 0 Å². The van der Waals surface area contributed by atoms with Gasteiger partial charge in [0.1, 0.15) is 23.8 Å². The minimum absolute atomic E-state index is 0.00846. The molecule has 4 amide bonds. The zero-order chi connectivity index (χ0) is 37.5. The van der Waals surface area contributed by atoms with Crippen molar-refractivity contribution in [1.82, 2.24) is 14.8 Å². The van der Waals surface area contributed by atoms with Gasteiger partial charge in [0.2, 0.25) is 5.91 Å². The fourth-order valence-corrected chi connectivity index (χ4v) is 6.80. The molecule has 0 spiro atoms. The Morgan fingerprint density at radius 1 is 0.887 bits per heavy atom. The number of amides is 4. The molecule has 3 aromatic carbocycles. The summed E-state index contributed by atoms with van der Waals surface area (Å²) in [5.74, 6) is -0.819. The van der Waals surface area contributed by atoms with Gasteiger partial charge in [0.05, 0.1) is 19.6 Å². The van der Waals surface area contributed by atoms with Crippen LogP contribution in [0.15, 0.2) is 103 Å². The van der Waals surface area contributed by atoms with Gasteiger partial charge in [0.15, 0.2) is 6.04 Å². The molecular formula is C42H46N4O7. The number of likely N-dealkylation sites (tertiary alicyclic amines) is 2. The van der Waals surface area contributed by atoms with E-state index in [0.29, 0.717) is 30.2 Å². The van der Waals surface area contributed by atoms with E-state index in [4.69, 9.17) is 14.2 Å². The van der Waals surface area contributed by atoms with Gasteiger partial charge in [-0.15, -0.1) is 0 Å². The van der Waals surface area contributed by atoms with E-state index >= 15 is 0 Å². The molecule has 11 nitrogen and oxygen atoms in total. The van der Waals surface area contributed by atoms with Crippen molar-refractivity contribution in [2.45, 2.75) is 70.7 Å². The lowest BCUT2D eigenvalue weighted by Gasteiger charge is -2.46. The molecule has 1 aromatic heterocycles. The molecule has 0 aliphatic carbocycles. The van der Waals surface area contributed by atoms with E-state index in [1.165, 1.54) is 4.90 Å². The summed E-state index contributed by atoms with van der Waals surface area (Å²) in [6, 6.07) is 28.5. The smallest absolute Gasteiger partial charge is 0.416 e. The quantitative estimate of drug-likeness (QED) is 0.125. The Labute approximate surface area is 310 Å². The standard InChI is InChI=1S/C42H46N4O7/c1-42(2,3)53-41(50)45(26-29-17-19-34(51-4)20-18-29)36-25-31(21-22-43-36)24-35-37(39(48)52-28-30-12-7-5-8-13-30)46(38(35)47)40(49)44-23-11-16-33(27-44)32-14-9-6-10-15-32/h5-10,12-15,17-22,25,33,35,37H,11,16,23-24,26-28H2,1-4H3/t33-,35-,37+/m1/s1. The van der Waals surface area contributed by atoms with Crippen LogP contribution >= 0.6 is 0 Å². The highest BCUT2D eigenvalue weighted by molar-refractivity contribution is 6.08. The SMILES string of the molecule is COc1ccc(CN(C(=O)OC(C)(C)C)c2cc(C[C@H]3C(=O)N(C(=O)N4CCC[C@@H](c5ccccc5)C4)[C@@H]3C(=O)OCc3ccccc3)ccn2)cc1. The summed E-state index contributed by atoms with van der Waals surface area (Å²) >= 11 is 0. The summed E-state index contributed by atoms with van der Waals surface area (Å²) in [6.07, 6.45) is 2.80. The monoisotopic (exact) mass is 718 g/mol. The van der Waals surface area contributed by atoms with Crippen molar-refractivity contribution >= 4 is 29.8 Å². The maximum Gasteiger partial charge on any atom is 0.416 e. The topological polar surface area (TPSA) is 119 Å². The Morgan fingerprint density at radius 2 is 1.58 bits per heavy atom. The number of ether oxygens (including phenoxy) is 3. The normalized spacial score (nSPS) is 18.5. The molecule has 0 N–H and O–H groups in total. The summed E-state index contributed by atoms with van der Waals surface area (Å²) in [6.45, 7) is 6.48. The number of carbonyl (C=O) groups excluding carboxylic acids is 4. The molecule has 0 radical (unpaired) electrons. The van der Waals surface area contributed by atoms with Gasteiger partial charge in [-0.05, 0) is 86.6 Å². The van der Waals surface area contributed by atoms with E-state index in [1.807, 2.05) is 72.8 Å². The van der Waals surface area contributed by atoms with E-state index in [2.05, 4.69) is 17.1 Å². The average molecular weight is 719 g/mol. The Balaban J connectivity index is 1.24. The number of β-lactam (4-membered cyclic amide) rings is 1. The van der Waals surface area contributed by atoms with E-state index in [-0.39, 0.29) is 25.5 Å². The van der Waals surface area contributed by atoms with Crippen molar-refractivity contribution in [2.24, 2.45) is 5.92 Å². The van der Waals surface area contributed by atoms with Gasteiger partial charge in [-0.2, -0.15) is 0 Å². The summed E-state index contributed by atoms with van der Waals surface area (Å²) < 4.78 is 16.8. The summed E-state index contributed by atoms with van der Waals surface area (Å²) in [5, 5.41) is 0. The molecule has 11 heteroatoms. The Hall–Kier alpha value is -5.71. The number of carbonyl (C=O) groups is 4. The van der Waals surface area contributed by atoms with Gasteiger partial charge >= 0.3 is 18.1 Å². The Kier molecular flexibility index (Phi) is 11.4. The number of pyridine rings is 1. The second-order valence-electron chi connectivity index (χ2n) is 14.5. The van der Waals surface area contributed by atoms with Crippen LogP contribution in [0.5, 0.6) is 5.75 Å². The number of hydrogen-bond acceptors (Lipinski definition) is 8. The zero-order valence-electron chi connectivity index (χ0n) is 30.6. The number of imide groups is 1. The van der Waals surface area contributed by atoms with E-state index < -0.39 is 41.6 Å². The number of esters is 1. The molecule has 0 saturated carbocycles. The number of benzene rings is 3. The van der Waals surface area contributed by atoms with Gasteiger partial charge in [0, 0.05) is 25.2 Å². The molecule has 3 atom stereocenters. The van der Waals surface area contributed by atoms with Gasteiger partial charge in [0.25, 0.3) is 0 Å². The molecule has 276 valence electrons. The van der Waals surface area contributed by atoms with Crippen LogP contribution < -0.4 is 9.64 Å². The minimum Gasteiger partial charge on any atom is -0.497 e. The number of nitrogens with zero attached hydrogens (tertiary/aromatic N) is 4. The van der Waals surface area contributed by atoms with E-state index in [9.17, 15) is 19.2 Å². The largest absolute Gasteiger partial charge is 0.497 e. The fraction of sp³-hybridized carbons (Fsp3) is 0.357. The maximum absolute atomic E-state index is 14.0. The number of piperidine rings is 1. The highest BCUT2D eigenvalue weighted by atomic mass is 16.6. The highest BCUT2D eigenvalue weighted by Gasteiger charge is 2.56. The van der Waals surface area contributed by atoms with Crippen LogP contribution in [0.2, 0.25) is 0 Å². The number of hydrogen-bond donors (Lipinski definition) is 0. The van der Waals surface area contributed by atoms with Gasteiger partial charge in [-0.3, -0.25) is 9.69 Å². The zero-order valence-corrected chi connectivity index (χ0v) is 30.6. The molecule has 0 bridgehead atoms. The lowest BCUT2D eigenvalue weighted by atomic mass is 9.82. The van der Waals surface area contributed by atoms with Crippen molar-refractivity contribution in [3.63, 3.8) is 0 Å². The van der Waals surface area contributed by atoms with Crippen LogP contribution in [0.1, 0.15) is 61.8 Å². The van der Waals surface area contributed by atoms with Crippen molar-refractivity contribution < 1.29 is 33.4 Å². The number of urea groups is 1. The average Bonchev–Trinajstić information content (AvgIpc) is 3.17. The molecular weight excluding hydrogens is 672 g/mol. The first-order valence-corrected chi connectivity index (χ1v) is 18.0. The molecule has 2 aliphatic rings. The lowest BCUT2D eigenvalue weighted by Crippen LogP contribution is -2.69. The lowest BCUT2D eigenvalue weighted by molar-refractivity contribution is -0.171. The highest BCUT2D eigenvalue weighted by Crippen LogP contribution is 2.35. The van der Waals surface area contributed by atoms with Crippen LogP contribution in [0.4, 0.5) is 15.4 Å². The number of aromatic nitrogens is 1. The molecule has 2 aliphatic heterocycles. The van der Waals surface area contributed by atoms with Crippen molar-refractivity contribution in [1.29, 1.82) is 0 Å². The Bertz CT molecular complexity index is 1900. The van der Waals surface area contributed by atoms with E-state index in [1.54, 1.807) is 51.1 Å². The number of methoxy groups -OCH3 is 1. The molecule has 4 aromatic rings. The molecule has 3 heterocycles. The molecule has 0 unspecified atom stereocenters. The third-order valence-electron chi connectivity index (χ3n) is 9.50. The molecule has 2 fully saturated rings. The van der Waals surface area contributed by atoms with Crippen LogP contribution in [-0.2, 0) is 38.6 Å². The summed E-state index contributed by atoms with van der Waals surface area (Å²) in [7, 11) is 1.59. The van der Waals surface area contributed by atoms with Crippen LogP contribution in [0.3, 0.4) is 0 Å². The van der Waals surface area contributed by atoms with Crippen molar-refractivity contribution in [3.05, 3.63) is 126 Å². The first kappa shape index (κ1) is 37.1. The first-order chi connectivity index (χ1) is 25.5. The third-order valence-corrected chi connectivity index (χ3v) is 9.50. The van der Waals surface area contributed by atoms with Crippen molar-refractivity contribution in [3.8, 4) is 5.75 Å². The predicted molar refractivity (Wildman–Crippen MR) is 199 cm³/mol. The maximum atomic E-state index is 14.0. The number of anilines is 1.